The Bertz CT molecular complexity index is 938. The summed E-state index contributed by atoms with van der Waals surface area (Å²) in [5.74, 6) is 0.797. The molecular weight excluding hydrogens is 472 g/mol. The molecule has 0 radical (unpaired) electrons. The predicted octanol–water partition coefficient (Wildman–Crippen LogP) is 1.80. The van der Waals surface area contributed by atoms with Crippen molar-refractivity contribution in [1.82, 2.24) is 4.57 Å². The molecule has 17 heteroatoms. The lowest BCUT2D eigenvalue weighted by Gasteiger charge is -2.22. The SMILES string of the molecule is C=C(C)C(=O)OCCn1cc[n+](C)c1C.O=S(=O)([N-]S(=O)(=O)C(F)(F)F)C(F)(F)F. The van der Waals surface area contributed by atoms with Gasteiger partial charge in [-0.15, -0.1) is 0 Å². The van der Waals surface area contributed by atoms with E-state index in [0.717, 1.165) is 9.95 Å². The Balaban J connectivity index is 0.000000561. The van der Waals surface area contributed by atoms with E-state index in [9.17, 15) is 48.0 Å². The van der Waals surface area contributed by atoms with Gasteiger partial charge in [-0.3, -0.25) is 0 Å². The summed E-state index contributed by atoms with van der Waals surface area (Å²) in [7, 11) is -11.5. The summed E-state index contributed by atoms with van der Waals surface area (Å²) in [6.45, 7) is 8.22. The Hall–Kier alpha value is -2.14. The van der Waals surface area contributed by atoms with E-state index in [4.69, 9.17) is 4.74 Å². The number of nitrogens with zero attached hydrogens (tertiary/aromatic N) is 3. The van der Waals surface area contributed by atoms with Gasteiger partial charge < -0.3 is 8.86 Å². The molecule has 0 aliphatic heterocycles. The fourth-order valence-electron chi connectivity index (χ4n) is 1.41. The number of carbonyl (C=O) groups is 1. The fourth-order valence-corrected chi connectivity index (χ4v) is 3.12. The Kier molecular flexibility index (Phi) is 9.08. The Morgan fingerprint density at radius 1 is 1.13 bits per heavy atom. The largest absolute Gasteiger partial charge is 0.480 e. The van der Waals surface area contributed by atoms with Gasteiger partial charge in [-0.1, -0.05) is 6.58 Å². The Morgan fingerprint density at radius 3 is 1.87 bits per heavy atom. The first-order valence-electron chi connectivity index (χ1n) is 7.43. The lowest BCUT2D eigenvalue weighted by atomic mass is 10.4. The minimum atomic E-state index is -6.72. The molecule has 174 valence electrons. The second-order valence-electron chi connectivity index (χ2n) is 5.48. The van der Waals surface area contributed by atoms with Gasteiger partial charge in [0, 0.05) is 12.5 Å². The molecule has 1 rings (SSSR count). The van der Waals surface area contributed by atoms with Crippen molar-refractivity contribution in [3.63, 3.8) is 0 Å². The van der Waals surface area contributed by atoms with Gasteiger partial charge in [-0.05, 0) is 6.92 Å². The molecule has 0 atom stereocenters. The molecule has 0 saturated carbocycles. The quantitative estimate of drug-likeness (QED) is 0.260. The maximum absolute atomic E-state index is 11.4. The Morgan fingerprint density at radius 2 is 1.57 bits per heavy atom. The van der Waals surface area contributed by atoms with Crippen LogP contribution in [0.5, 0.6) is 0 Å². The Labute approximate surface area is 168 Å². The molecule has 1 heterocycles. The molecule has 1 aromatic heterocycles. The van der Waals surface area contributed by atoms with Crippen LogP contribution in [0.3, 0.4) is 0 Å². The van der Waals surface area contributed by atoms with Crippen LogP contribution >= 0.6 is 0 Å². The summed E-state index contributed by atoms with van der Waals surface area (Å²) in [6.07, 6.45) is 3.93. The number of hydrogen-bond acceptors (Lipinski definition) is 6. The van der Waals surface area contributed by atoms with Crippen LogP contribution in [0.2, 0.25) is 0 Å². The fraction of sp³-hybridized carbons (Fsp3) is 0.538. The third-order valence-electron chi connectivity index (χ3n) is 3.09. The third-order valence-corrected chi connectivity index (χ3v) is 5.83. The number of alkyl halides is 6. The van der Waals surface area contributed by atoms with Gasteiger partial charge in [0.05, 0.1) is 7.05 Å². The lowest BCUT2D eigenvalue weighted by molar-refractivity contribution is -0.677. The summed E-state index contributed by atoms with van der Waals surface area (Å²) < 4.78 is 118. The number of hydrogen-bond donors (Lipinski definition) is 0. The number of aromatic nitrogens is 2. The first-order chi connectivity index (χ1) is 13.2. The van der Waals surface area contributed by atoms with Crippen LogP contribution in [-0.2, 0) is 43.2 Å². The summed E-state index contributed by atoms with van der Waals surface area (Å²) >= 11 is 0. The molecule has 0 aliphatic carbocycles. The summed E-state index contributed by atoms with van der Waals surface area (Å²) in [6, 6.07) is 0. The highest BCUT2D eigenvalue weighted by Gasteiger charge is 2.46. The highest BCUT2D eigenvalue weighted by atomic mass is 32.3. The molecule has 0 amide bonds. The first kappa shape index (κ1) is 27.9. The van der Waals surface area contributed by atoms with Crippen LogP contribution < -0.4 is 4.57 Å². The number of aryl methyl sites for hydroxylation is 1. The number of imidazole rings is 1. The van der Waals surface area contributed by atoms with Gasteiger partial charge >= 0.3 is 17.0 Å². The van der Waals surface area contributed by atoms with Gasteiger partial charge in [-0.2, -0.15) is 26.3 Å². The van der Waals surface area contributed by atoms with Crippen molar-refractivity contribution in [2.75, 3.05) is 6.61 Å². The van der Waals surface area contributed by atoms with Crippen molar-refractivity contribution in [3.05, 3.63) is 34.5 Å². The van der Waals surface area contributed by atoms with E-state index in [-0.39, 0.29) is 5.97 Å². The van der Waals surface area contributed by atoms with Crippen molar-refractivity contribution in [3.8, 4) is 0 Å². The molecule has 9 nitrogen and oxygen atoms in total. The summed E-state index contributed by atoms with van der Waals surface area (Å²) in [4.78, 5) is 11.1. The zero-order valence-electron chi connectivity index (χ0n) is 15.7. The van der Waals surface area contributed by atoms with Crippen LogP contribution in [-0.4, -0.2) is 45.0 Å². The third kappa shape index (κ3) is 7.94. The van der Waals surface area contributed by atoms with Crippen LogP contribution in [0.1, 0.15) is 12.7 Å². The number of ether oxygens (including phenoxy) is 1. The second-order valence-corrected chi connectivity index (χ2v) is 8.90. The molecule has 30 heavy (non-hydrogen) atoms. The molecule has 0 bridgehead atoms. The summed E-state index contributed by atoms with van der Waals surface area (Å²) in [5, 5.41) is 0. The number of sulfonamides is 2. The maximum atomic E-state index is 11.4. The van der Waals surface area contributed by atoms with Crippen LogP contribution in [0.25, 0.3) is 4.13 Å². The molecule has 0 fully saturated rings. The average Bonchev–Trinajstić information content (AvgIpc) is 2.84. The second kappa shape index (κ2) is 9.78. The normalized spacial score (nSPS) is 12.7. The van der Waals surface area contributed by atoms with Gasteiger partial charge in [0.2, 0.25) is 0 Å². The molecule has 0 unspecified atom stereocenters. The van der Waals surface area contributed by atoms with E-state index in [0.29, 0.717) is 18.7 Å². The standard InChI is InChI=1S/C11H17N2O2.C2F6NO4S2/c1-9(2)11(14)15-8-7-13-6-5-12(4)10(13)3;3-1(4,5)14(10,11)9-15(12,13)2(6,7)8/h5-6H,1,7-8H2,2-4H3;/q+1;-1. The number of rotatable bonds is 6. The van der Waals surface area contributed by atoms with Gasteiger partial charge in [0.1, 0.15) is 25.5 Å². The molecule has 0 aliphatic rings. The highest BCUT2D eigenvalue weighted by molar-refractivity contribution is 8.13. The highest BCUT2D eigenvalue weighted by Crippen LogP contribution is 2.36. The molecular formula is C13H17F6N3O6S2. The van der Waals surface area contributed by atoms with E-state index >= 15 is 0 Å². The van der Waals surface area contributed by atoms with Crippen molar-refractivity contribution in [2.45, 2.75) is 31.4 Å². The molecule has 0 spiro atoms. The molecule has 0 N–H and O–H groups in total. The van der Waals surface area contributed by atoms with E-state index in [1.54, 1.807) is 6.92 Å². The van der Waals surface area contributed by atoms with Gasteiger partial charge in [0.25, 0.3) is 5.82 Å². The van der Waals surface area contributed by atoms with E-state index < -0.39 is 31.1 Å². The van der Waals surface area contributed by atoms with Crippen LogP contribution in [0, 0.1) is 6.92 Å². The minimum Gasteiger partial charge on any atom is -0.458 e. The topological polar surface area (TPSA) is 117 Å². The zero-order valence-corrected chi connectivity index (χ0v) is 17.3. The van der Waals surface area contributed by atoms with Crippen molar-refractivity contribution >= 4 is 26.0 Å². The maximum Gasteiger partial charge on any atom is 0.480 e. The predicted molar refractivity (Wildman–Crippen MR) is 89.4 cm³/mol. The number of carbonyl (C=O) groups excluding carboxylic acids is 1. The average molecular weight is 489 g/mol. The smallest absolute Gasteiger partial charge is 0.458 e. The van der Waals surface area contributed by atoms with E-state index in [1.165, 1.54) is 0 Å². The van der Waals surface area contributed by atoms with E-state index in [2.05, 4.69) is 6.58 Å². The first-order valence-corrected chi connectivity index (χ1v) is 10.3. The van der Waals surface area contributed by atoms with Crippen LogP contribution in [0.4, 0.5) is 26.3 Å². The lowest BCUT2D eigenvalue weighted by Crippen LogP contribution is -2.30. The summed E-state index contributed by atoms with van der Waals surface area (Å²) in [5.41, 5.74) is -12.0. The number of esters is 1. The van der Waals surface area contributed by atoms with E-state index in [1.807, 2.05) is 35.5 Å². The van der Waals surface area contributed by atoms with Crippen LogP contribution in [0.15, 0.2) is 24.5 Å². The minimum absolute atomic E-state index is 0.329. The zero-order chi connectivity index (χ0) is 24.1. The molecule has 0 saturated heterocycles. The monoisotopic (exact) mass is 489 g/mol. The van der Waals surface area contributed by atoms with Crippen molar-refractivity contribution in [2.24, 2.45) is 7.05 Å². The van der Waals surface area contributed by atoms with Gasteiger partial charge in [-0.25, -0.2) is 30.8 Å². The van der Waals surface area contributed by atoms with Crippen molar-refractivity contribution < 1.29 is 57.3 Å². The molecule has 1 aromatic rings. The van der Waals surface area contributed by atoms with Crippen molar-refractivity contribution in [1.29, 1.82) is 0 Å². The van der Waals surface area contributed by atoms with Gasteiger partial charge in [0.15, 0.2) is 20.0 Å². The molecule has 0 aromatic carbocycles. The number of halogens is 6.